The molecule has 0 saturated heterocycles. The van der Waals surface area contributed by atoms with E-state index >= 15 is 0 Å². The van der Waals surface area contributed by atoms with Gasteiger partial charge in [0, 0.05) is 12.2 Å². The Morgan fingerprint density at radius 2 is 1.54 bits per heavy atom. The molecule has 0 N–H and O–H groups in total. The second-order valence-electron chi connectivity index (χ2n) is 6.63. The van der Waals surface area contributed by atoms with E-state index < -0.39 is 14.2 Å². The van der Waals surface area contributed by atoms with Crippen molar-refractivity contribution in [2.24, 2.45) is 0 Å². The zero-order valence-corrected chi connectivity index (χ0v) is 15.5. The van der Waals surface area contributed by atoms with Gasteiger partial charge in [0.05, 0.1) is 12.4 Å². The lowest BCUT2D eigenvalue weighted by Crippen LogP contribution is -2.38. The SMILES string of the molecule is COc1ccc(N(Cc2ccccc2)C(=C(F)F)[Si](C)(C)C)cc1. The second-order valence-corrected chi connectivity index (χ2v) is 11.6. The topological polar surface area (TPSA) is 12.5 Å². The van der Waals surface area contributed by atoms with Crippen LogP contribution in [0.15, 0.2) is 66.0 Å². The van der Waals surface area contributed by atoms with Gasteiger partial charge >= 0.3 is 0 Å². The molecular formula is C19H23F2NOSi. The van der Waals surface area contributed by atoms with Crippen molar-refractivity contribution < 1.29 is 13.5 Å². The first-order valence-corrected chi connectivity index (χ1v) is 11.3. The van der Waals surface area contributed by atoms with Crippen LogP contribution < -0.4 is 9.64 Å². The molecular weight excluding hydrogens is 324 g/mol. The molecule has 0 radical (unpaired) electrons. The van der Waals surface area contributed by atoms with E-state index in [-0.39, 0.29) is 5.32 Å². The van der Waals surface area contributed by atoms with Crippen LogP contribution in [0.25, 0.3) is 0 Å². The van der Waals surface area contributed by atoms with Crippen LogP contribution in [0.1, 0.15) is 5.56 Å². The summed E-state index contributed by atoms with van der Waals surface area (Å²) >= 11 is 0. The average Bonchev–Trinajstić information content (AvgIpc) is 2.53. The van der Waals surface area contributed by atoms with Crippen molar-refractivity contribution >= 4 is 13.8 Å². The Bertz CT molecular complexity index is 690. The standard InChI is InChI=1S/C19H23F2NOSi/c1-23-17-12-10-16(11-13-17)22(14-15-8-6-5-7-9-15)19(18(20)21)24(2,3)4/h5-13H,14H2,1-4H3. The number of methoxy groups -OCH3 is 1. The third-order valence-electron chi connectivity index (χ3n) is 3.73. The Morgan fingerprint density at radius 3 is 2.00 bits per heavy atom. The first-order valence-electron chi connectivity index (χ1n) is 7.84. The fourth-order valence-corrected chi connectivity index (χ4v) is 4.20. The number of halogens is 2. The van der Waals surface area contributed by atoms with E-state index in [1.165, 1.54) is 0 Å². The van der Waals surface area contributed by atoms with Crippen molar-refractivity contribution in [1.29, 1.82) is 0 Å². The van der Waals surface area contributed by atoms with E-state index in [2.05, 4.69) is 0 Å². The van der Waals surface area contributed by atoms with Gasteiger partial charge in [0.1, 0.15) is 13.8 Å². The Hall–Kier alpha value is -2.14. The molecule has 2 nitrogen and oxygen atoms in total. The number of ether oxygens (including phenoxy) is 1. The fraction of sp³-hybridized carbons (Fsp3) is 0.263. The minimum absolute atomic E-state index is 0.163. The zero-order chi connectivity index (χ0) is 17.7. The molecule has 2 aromatic carbocycles. The van der Waals surface area contributed by atoms with Gasteiger partial charge in [-0.15, -0.1) is 0 Å². The molecule has 0 fully saturated rings. The number of rotatable bonds is 6. The lowest BCUT2D eigenvalue weighted by atomic mass is 10.2. The maximum atomic E-state index is 13.8. The average molecular weight is 347 g/mol. The highest BCUT2D eigenvalue weighted by Crippen LogP contribution is 2.32. The molecule has 0 unspecified atom stereocenters. The molecule has 0 atom stereocenters. The molecule has 2 aromatic rings. The van der Waals surface area contributed by atoms with E-state index in [0.717, 1.165) is 11.3 Å². The molecule has 0 aliphatic carbocycles. The van der Waals surface area contributed by atoms with E-state index in [9.17, 15) is 8.78 Å². The predicted molar refractivity (Wildman–Crippen MR) is 98.2 cm³/mol. The molecule has 0 aliphatic heterocycles. The maximum Gasteiger partial charge on any atom is 0.285 e. The van der Waals surface area contributed by atoms with Gasteiger partial charge in [-0.05, 0) is 29.8 Å². The number of benzene rings is 2. The van der Waals surface area contributed by atoms with Gasteiger partial charge in [-0.2, -0.15) is 8.78 Å². The molecule has 0 aliphatic rings. The predicted octanol–water partition coefficient (Wildman–Crippen LogP) is 5.69. The number of hydrogen-bond donors (Lipinski definition) is 0. The summed E-state index contributed by atoms with van der Waals surface area (Å²) in [4.78, 5) is 1.73. The second kappa shape index (κ2) is 7.62. The largest absolute Gasteiger partial charge is 0.497 e. The lowest BCUT2D eigenvalue weighted by molar-refractivity contribution is 0.413. The monoisotopic (exact) mass is 347 g/mol. The lowest BCUT2D eigenvalue weighted by Gasteiger charge is -2.33. The number of hydrogen-bond acceptors (Lipinski definition) is 2. The summed E-state index contributed by atoms with van der Waals surface area (Å²) in [5.41, 5.74) is 1.73. The Labute approximate surface area is 143 Å². The zero-order valence-electron chi connectivity index (χ0n) is 14.5. The molecule has 0 aromatic heterocycles. The van der Waals surface area contributed by atoms with Gasteiger partial charge in [0.15, 0.2) is 0 Å². The van der Waals surface area contributed by atoms with E-state index in [1.54, 1.807) is 24.1 Å². The van der Waals surface area contributed by atoms with E-state index in [1.807, 2.05) is 62.1 Å². The van der Waals surface area contributed by atoms with Gasteiger partial charge in [0.2, 0.25) is 0 Å². The van der Waals surface area contributed by atoms with Crippen LogP contribution >= 0.6 is 0 Å². The summed E-state index contributed by atoms with van der Waals surface area (Å²) in [6, 6.07) is 16.9. The minimum Gasteiger partial charge on any atom is -0.497 e. The molecule has 0 heterocycles. The Balaban J connectivity index is 2.49. The number of nitrogens with zero attached hydrogens (tertiary/aromatic N) is 1. The highest BCUT2D eigenvalue weighted by Gasteiger charge is 2.30. The molecule has 0 bridgehead atoms. The molecule has 2 rings (SSSR count). The molecule has 24 heavy (non-hydrogen) atoms. The molecule has 0 saturated carbocycles. The summed E-state index contributed by atoms with van der Waals surface area (Å²) in [5, 5.41) is 0.163. The highest BCUT2D eigenvalue weighted by atomic mass is 28.3. The van der Waals surface area contributed by atoms with Crippen LogP contribution in [0.3, 0.4) is 0 Å². The summed E-state index contributed by atoms with van der Waals surface area (Å²) < 4.78 is 32.8. The first kappa shape index (κ1) is 18.2. The van der Waals surface area contributed by atoms with Crippen LogP contribution in [-0.4, -0.2) is 15.2 Å². The van der Waals surface area contributed by atoms with Crippen LogP contribution in [0, 0.1) is 0 Å². The van der Waals surface area contributed by atoms with Gasteiger partial charge < -0.3 is 9.64 Å². The highest BCUT2D eigenvalue weighted by molar-refractivity contribution is 6.83. The Kier molecular flexibility index (Phi) is 5.78. The normalized spacial score (nSPS) is 11.1. The maximum absolute atomic E-state index is 13.8. The van der Waals surface area contributed by atoms with Gasteiger partial charge in [-0.25, -0.2) is 0 Å². The van der Waals surface area contributed by atoms with Crippen molar-refractivity contribution in [1.82, 2.24) is 0 Å². The van der Waals surface area contributed by atoms with Crippen molar-refractivity contribution in [2.75, 3.05) is 12.0 Å². The quantitative estimate of drug-likeness (QED) is 0.623. The molecule has 0 amide bonds. The summed E-state index contributed by atoms with van der Waals surface area (Å²) in [6.07, 6.45) is -1.60. The van der Waals surface area contributed by atoms with Crippen molar-refractivity contribution in [3.8, 4) is 5.75 Å². The van der Waals surface area contributed by atoms with Crippen LogP contribution in [-0.2, 0) is 6.54 Å². The van der Waals surface area contributed by atoms with Gasteiger partial charge in [0.25, 0.3) is 6.08 Å². The summed E-state index contributed by atoms with van der Waals surface area (Å²) in [6.45, 7) is 6.21. The Morgan fingerprint density at radius 1 is 0.958 bits per heavy atom. The summed E-state index contributed by atoms with van der Waals surface area (Å²) in [5.74, 6) is 0.706. The third-order valence-corrected chi connectivity index (χ3v) is 5.61. The minimum atomic E-state index is -2.25. The van der Waals surface area contributed by atoms with Crippen LogP contribution in [0.4, 0.5) is 14.5 Å². The fourth-order valence-electron chi connectivity index (χ4n) is 2.62. The van der Waals surface area contributed by atoms with E-state index in [4.69, 9.17) is 4.74 Å². The first-order chi connectivity index (χ1) is 11.3. The van der Waals surface area contributed by atoms with Crippen molar-refractivity contribution in [3.63, 3.8) is 0 Å². The molecule has 128 valence electrons. The van der Waals surface area contributed by atoms with Crippen molar-refractivity contribution in [3.05, 3.63) is 71.6 Å². The van der Waals surface area contributed by atoms with E-state index in [0.29, 0.717) is 12.3 Å². The van der Waals surface area contributed by atoms with Gasteiger partial charge in [-0.1, -0.05) is 50.0 Å². The summed E-state index contributed by atoms with van der Waals surface area (Å²) in [7, 11) is -0.658. The third kappa shape index (κ3) is 4.44. The van der Waals surface area contributed by atoms with Crippen LogP contribution in [0.2, 0.25) is 19.6 Å². The smallest absolute Gasteiger partial charge is 0.285 e. The van der Waals surface area contributed by atoms with Crippen LogP contribution in [0.5, 0.6) is 5.75 Å². The van der Waals surface area contributed by atoms with Crippen molar-refractivity contribution in [2.45, 2.75) is 26.2 Å². The molecule has 5 heteroatoms. The number of anilines is 1. The molecule has 0 spiro atoms. The van der Waals surface area contributed by atoms with Gasteiger partial charge in [-0.3, -0.25) is 0 Å².